The molecule has 6 aromatic carbocycles. The van der Waals surface area contributed by atoms with Crippen molar-refractivity contribution >= 4 is 124 Å². The second kappa shape index (κ2) is 27.3. The Morgan fingerprint density at radius 2 is 0.756 bits per heavy atom. The zero-order valence-electron chi connectivity index (χ0n) is 44.6. The van der Waals surface area contributed by atoms with Crippen molar-refractivity contribution in [3.63, 3.8) is 0 Å². The third kappa shape index (κ3) is 19.3. The standard InChI is InChI=1S/C47H48N10O23S6/c1-27-19-39(56-52-35-13-9-31(83(65,66)67)23-45(35)85(71,72)73)43(79-15-5-17-81(59,60)61)25-37(27)54-50-29-7-11-33(41(21-29)77-3)48-47(58)49-34-12-8-30(22-42(34)78-4)51-55-38-26-44(80-16-6-18-82(62,63)64)40(20-28(38)2)57-53-36-14-10-32(84(68,69)70)24-46(36)86(74,75)76/h7-14,19-26H,5-6,15-18H2,1-4H3,(H2,48,49,58)(H,59,60,61)(H,62,63,64)(H,65,66,67)(H,68,69,70)(H,71,72,73)(H,74,75,76). The highest BCUT2D eigenvalue weighted by atomic mass is 32.2. The first-order valence-corrected chi connectivity index (χ1v) is 32.7. The number of aryl methyl sites for hydroxylation is 2. The molecule has 0 heterocycles. The molecule has 0 atom stereocenters. The summed E-state index contributed by atoms with van der Waals surface area (Å²) >= 11 is 0. The van der Waals surface area contributed by atoms with E-state index in [2.05, 4.69) is 51.5 Å². The van der Waals surface area contributed by atoms with Crippen LogP contribution in [0.25, 0.3) is 0 Å². The molecule has 0 fully saturated rings. The Labute approximate surface area is 490 Å². The number of nitrogens with zero attached hydrogens (tertiary/aromatic N) is 8. The maximum absolute atomic E-state index is 13.4. The minimum atomic E-state index is -5.12. The van der Waals surface area contributed by atoms with Crippen LogP contribution in [0.3, 0.4) is 0 Å². The average molecular weight is 1310 g/mol. The molecule has 0 saturated heterocycles. The maximum Gasteiger partial charge on any atom is 0.323 e. The van der Waals surface area contributed by atoms with Crippen molar-refractivity contribution in [2.45, 2.75) is 46.3 Å². The van der Waals surface area contributed by atoms with Crippen LogP contribution in [-0.2, 0) is 60.7 Å². The van der Waals surface area contributed by atoms with E-state index in [-0.39, 0.29) is 94.6 Å². The van der Waals surface area contributed by atoms with Gasteiger partial charge in [0.05, 0.1) is 82.9 Å². The van der Waals surface area contributed by atoms with Crippen molar-refractivity contribution in [1.29, 1.82) is 0 Å². The van der Waals surface area contributed by atoms with E-state index in [1.807, 2.05) is 0 Å². The lowest BCUT2D eigenvalue weighted by Crippen LogP contribution is -2.20. The first-order valence-electron chi connectivity index (χ1n) is 23.8. The Hall–Kier alpha value is -8.35. The third-order valence-electron chi connectivity index (χ3n) is 11.1. The van der Waals surface area contributed by atoms with Gasteiger partial charge in [0.15, 0.2) is 0 Å². The van der Waals surface area contributed by atoms with Gasteiger partial charge in [-0.1, -0.05) is 0 Å². The second-order valence-corrected chi connectivity index (χ2v) is 26.3. The fourth-order valence-corrected chi connectivity index (χ4v) is 10.5. The summed E-state index contributed by atoms with van der Waals surface area (Å²) in [6, 6.07) is 17.5. The molecule has 0 aromatic heterocycles. The fourth-order valence-electron chi connectivity index (χ4n) is 7.07. The molecule has 0 bridgehead atoms. The van der Waals surface area contributed by atoms with E-state index >= 15 is 0 Å². The highest BCUT2D eigenvalue weighted by molar-refractivity contribution is 7.87. The largest absolute Gasteiger partial charge is 0.494 e. The molecule has 8 N–H and O–H groups in total. The Bertz CT molecular complexity index is 4170. The molecule has 0 aliphatic carbocycles. The molecule has 33 nitrogen and oxygen atoms in total. The number of ether oxygens (including phenoxy) is 4. The number of anilines is 2. The summed E-state index contributed by atoms with van der Waals surface area (Å²) in [7, 11) is -26.2. The summed E-state index contributed by atoms with van der Waals surface area (Å²) in [5, 5.41) is 38.0. The lowest BCUT2D eigenvalue weighted by atomic mass is 10.1. The SMILES string of the molecule is COc1cc(N=Nc2cc(OCCCS(=O)(=O)O)c(N=Nc3ccc(S(=O)(=O)O)cc3S(=O)(=O)O)cc2C)ccc1NC(=O)Nc1ccc(N=Nc2cc(OCCCS(=O)(=O)O)c(N=Nc3ccc(S(=O)(=O)O)cc3S(=O)(=O)O)cc2C)cc1OC. The number of methoxy groups -OCH3 is 2. The van der Waals surface area contributed by atoms with Crippen LogP contribution >= 0.6 is 0 Å². The fraction of sp³-hybridized carbons (Fsp3) is 0.213. The lowest BCUT2D eigenvalue weighted by Gasteiger charge is -2.14. The van der Waals surface area contributed by atoms with Crippen molar-refractivity contribution in [3.8, 4) is 23.0 Å². The van der Waals surface area contributed by atoms with Crippen LogP contribution in [0.4, 0.5) is 61.7 Å². The van der Waals surface area contributed by atoms with E-state index in [0.29, 0.717) is 23.3 Å². The number of nitrogens with one attached hydrogen (secondary N) is 2. The number of carbonyl (C=O) groups excluding carboxylic acids is 1. The molecule has 0 aliphatic heterocycles. The van der Waals surface area contributed by atoms with Gasteiger partial charge in [-0.3, -0.25) is 27.3 Å². The Balaban J connectivity index is 1.20. The molecule has 0 spiro atoms. The zero-order valence-corrected chi connectivity index (χ0v) is 49.5. The van der Waals surface area contributed by atoms with E-state index in [4.69, 9.17) is 18.9 Å². The predicted molar refractivity (Wildman–Crippen MR) is 303 cm³/mol. The van der Waals surface area contributed by atoms with Crippen LogP contribution < -0.4 is 29.6 Å². The summed E-state index contributed by atoms with van der Waals surface area (Å²) in [6.07, 6.45) is -0.406. The monoisotopic (exact) mass is 1310 g/mol. The van der Waals surface area contributed by atoms with Crippen LogP contribution in [-0.4, -0.2) is 123 Å². The van der Waals surface area contributed by atoms with E-state index in [1.165, 1.54) is 74.9 Å². The normalized spacial score (nSPS) is 12.8. The number of hydrogen-bond donors (Lipinski definition) is 8. The molecule has 6 aromatic rings. The van der Waals surface area contributed by atoms with Gasteiger partial charge in [0.1, 0.15) is 55.5 Å². The molecule has 0 saturated carbocycles. The molecular formula is C47H48N10O23S6. The lowest BCUT2D eigenvalue weighted by molar-refractivity contribution is 0.262. The van der Waals surface area contributed by atoms with Gasteiger partial charge < -0.3 is 29.6 Å². The molecule has 86 heavy (non-hydrogen) atoms. The summed E-state index contributed by atoms with van der Waals surface area (Å²) in [5.74, 6) is -1.35. The van der Waals surface area contributed by atoms with Gasteiger partial charge >= 0.3 is 6.03 Å². The smallest absolute Gasteiger partial charge is 0.323 e. The van der Waals surface area contributed by atoms with Gasteiger partial charge in [-0.05, 0) is 111 Å². The minimum Gasteiger partial charge on any atom is -0.494 e. The van der Waals surface area contributed by atoms with Crippen LogP contribution in [0.1, 0.15) is 24.0 Å². The van der Waals surface area contributed by atoms with E-state index in [1.54, 1.807) is 13.8 Å². The molecule has 2 amide bonds. The number of carbonyl (C=O) groups is 1. The second-order valence-electron chi connectivity index (χ2n) is 17.5. The molecule has 0 aliphatic rings. The number of hydrogen-bond acceptors (Lipinski definition) is 25. The van der Waals surface area contributed by atoms with E-state index in [0.717, 1.165) is 24.3 Å². The van der Waals surface area contributed by atoms with Crippen LogP contribution in [0.15, 0.2) is 158 Å². The highest BCUT2D eigenvalue weighted by Crippen LogP contribution is 2.41. The van der Waals surface area contributed by atoms with Gasteiger partial charge in [-0.25, -0.2) is 4.79 Å². The van der Waals surface area contributed by atoms with Crippen molar-refractivity contribution in [3.05, 3.63) is 108 Å². The van der Waals surface area contributed by atoms with Crippen molar-refractivity contribution in [2.75, 3.05) is 49.6 Å². The van der Waals surface area contributed by atoms with Gasteiger partial charge in [-0.15, -0.1) is 20.5 Å². The predicted octanol–water partition coefficient (Wildman–Crippen LogP) is 9.93. The zero-order chi connectivity index (χ0) is 63.6. The van der Waals surface area contributed by atoms with Crippen molar-refractivity contribution in [2.24, 2.45) is 40.9 Å². The van der Waals surface area contributed by atoms with E-state index < -0.39 is 109 Å². The quantitative estimate of drug-likeness (QED) is 0.0142. The topological polar surface area (TPSA) is 503 Å². The number of urea groups is 1. The molecule has 39 heteroatoms. The number of benzene rings is 6. The third-order valence-corrected chi connectivity index (χ3v) is 16.2. The molecule has 6 rings (SSSR count). The maximum atomic E-state index is 13.4. The van der Waals surface area contributed by atoms with Crippen LogP contribution in [0.2, 0.25) is 0 Å². The van der Waals surface area contributed by atoms with Crippen molar-refractivity contribution in [1.82, 2.24) is 0 Å². The van der Waals surface area contributed by atoms with Gasteiger partial charge in [-0.2, -0.15) is 71.0 Å². The minimum absolute atomic E-state index is 0.0976. The molecular weight excluding hydrogens is 1260 g/mol. The summed E-state index contributed by atoms with van der Waals surface area (Å²) in [5.41, 5.74) is 0.454. The first kappa shape index (κ1) is 66.8. The van der Waals surface area contributed by atoms with Gasteiger partial charge in [0, 0.05) is 24.3 Å². The van der Waals surface area contributed by atoms with Crippen molar-refractivity contribution < 1.29 is 102 Å². The van der Waals surface area contributed by atoms with Crippen LogP contribution in [0, 0.1) is 13.8 Å². The Morgan fingerprint density at radius 1 is 0.407 bits per heavy atom. The van der Waals surface area contributed by atoms with Crippen LogP contribution in [0.5, 0.6) is 23.0 Å². The highest BCUT2D eigenvalue weighted by Gasteiger charge is 2.24. The summed E-state index contributed by atoms with van der Waals surface area (Å²) in [6.45, 7) is 2.51. The summed E-state index contributed by atoms with van der Waals surface area (Å²) in [4.78, 5) is 9.60. The number of amides is 2. The Kier molecular flexibility index (Phi) is 21.2. The number of azo groups is 4. The molecule has 460 valence electrons. The van der Waals surface area contributed by atoms with Gasteiger partial charge in [0.2, 0.25) is 0 Å². The average Bonchev–Trinajstić information content (AvgIpc) is 3.59. The van der Waals surface area contributed by atoms with E-state index in [9.17, 15) is 82.6 Å². The molecule has 0 radical (unpaired) electrons. The summed E-state index contributed by atoms with van der Waals surface area (Å²) < 4.78 is 219. The van der Waals surface area contributed by atoms with Gasteiger partial charge in [0.25, 0.3) is 60.7 Å². The first-order chi connectivity index (χ1) is 40.0. The molecule has 0 unspecified atom stereocenters. The number of rotatable bonds is 26. The Morgan fingerprint density at radius 3 is 1.08 bits per heavy atom.